The Bertz CT molecular complexity index is 865. The van der Waals surface area contributed by atoms with Crippen LogP contribution in [0.25, 0.3) is 32.3 Å². The molecule has 0 radical (unpaired) electrons. The molecule has 1 heteroatoms. The molecule has 0 atom stereocenters. The summed E-state index contributed by atoms with van der Waals surface area (Å²) >= 11 is 0. The van der Waals surface area contributed by atoms with E-state index in [9.17, 15) is 0 Å². The fourth-order valence-corrected chi connectivity index (χ4v) is 3.39. The van der Waals surface area contributed by atoms with Crippen molar-refractivity contribution in [3.8, 4) is 0 Å². The van der Waals surface area contributed by atoms with Gasteiger partial charge in [-0.3, -0.25) is 0 Å². The zero-order chi connectivity index (χ0) is 13.1. The molecule has 0 amide bonds. The van der Waals surface area contributed by atoms with Crippen molar-refractivity contribution in [2.24, 2.45) is 0 Å². The summed E-state index contributed by atoms with van der Waals surface area (Å²) in [5, 5.41) is 8.36. The second kappa shape index (κ2) is 4.52. The van der Waals surface area contributed by atoms with Gasteiger partial charge in [-0.1, -0.05) is 42.5 Å². The molecule has 0 unspecified atom stereocenters. The van der Waals surface area contributed by atoms with Crippen molar-refractivity contribution in [2.75, 3.05) is 0 Å². The van der Waals surface area contributed by atoms with Crippen LogP contribution in [-0.4, -0.2) is 18.9 Å². The molecule has 4 aromatic carbocycles. The van der Waals surface area contributed by atoms with Crippen molar-refractivity contribution >= 4 is 51.2 Å². The van der Waals surface area contributed by atoms with Crippen molar-refractivity contribution in [3.05, 3.63) is 59.2 Å². The third kappa shape index (κ3) is 1.56. The molecule has 0 aliphatic carbocycles. The first-order chi connectivity index (χ1) is 9.18. The fourth-order valence-electron chi connectivity index (χ4n) is 3.39. The first kappa shape index (κ1) is 13.5. The van der Waals surface area contributed by atoms with Gasteiger partial charge in [0.1, 0.15) is 0 Å². The van der Waals surface area contributed by atoms with E-state index in [2.05, 4.69) is 63.2 Å². The van der Waals surface area contributed by atoms with Crippen LogP contribution in [0.15, 0.2) is 42.5 Å². The van der Waals surface area contributed by atoms with Gasteiger partial charge in [-0.25, -0.2) is 0 Å². The second-order valence-electron chi connectivity index (χ2n) is 5.56. The summed E-state index contributed by atoms with van der Waals surface area (Å²) in [5.74, 6) is 0. The van der Waals surface area contributed by atoms with E-state index in [4.69, 9.17) is 0 Å². The number of hydrogen-bond donors (Lipinski definition) is 0. The van der Waals surface area contributed by atoms with Gasteiger partial charge in [0.05, 0.1) is 0 Å². The average Bonchev–Trinajstić information content (AvgIpc) is 2.45. The zero-order valence-corrected chi connectivity index (χ0v) is 11.5. The molecule has 0 saturated heterocycles. The summed E-state index contributed by atoms with van der Waals surface area (Å²) in [7, 11) is 0. The van der Waals surface area contributed by atoms with Crippen molar-refractivity contribution in [1.29, 1.82) is 0 Å². The Kier molecular flexibility index (Phi) is 3.05. The standard InChI is InChI=1S/C19H16.Li.H/c1-11-12(2)16-9-7-14-5-4-6-15-8-10-17(13(11)3)19(16)18(14)15;;/h4-10H,1-3H3;;. The van der Waals surface area contributed by atoms with Crippen LogP contribution < -0.4 is 0 Å². The Morgan fingerprint density at radius 2 is 1.05 bits per heavy atom. The van der Waals surface area contributed by atoms with Crippen molar-refractivity contribution in [2.45, 2.75) is 20.8 Å². The quantitative estimate of drug-likeness (QED) is 0.309. The summed E-state index contributed by atoms with van der Waals surface area (Å²) in [6, 6.07) is 15.7. The molecule has 4 rings (SSSR count). The second-order valence-corrected chi connectivity index (χ2v) is 5.56. The summed E-state index contributed by atoms with van der Waals surface area (Å²) in [6.45, 7) is 6.72. The molecular formula is C19H17Li. The molecule has 0 aliphatic rings. The van der Waals surface area contributed by atoms with Crippen LogP contribution in [0.4, 0.5) is 0 Å². The van der Waals surface area contributed by atoms with Crippen LogP contribution in [-0.2, 0) is 0 Å². The fraction of sp³-hybridized carbons (Fsp3) is 0.158. The molecule has 0 spiro atoms. The molecule has 0 aromatic heterocycles. The average molecular weight is 252 g/mol. The van der Waals surface area contributed by atoms with Gasteiger partial charge >= 0.3 is 18.9 Å². The molecule has 0 saturated carbocycles. The zero-order valence-electron chi connectivity index (χ0n) is 11.5. The van der Waals surface area contributed by atoms with E-state index in [0.29, 0.717) is 0 Å². The number of hydrogen-bond acceptors (Lipinski definition) is 0. The van der Waals surface area contributed by atoms with Crippen molar-refractivity contribution in [1.82, 2.24) is 0 Å². The van der Waals surface area contributed by atoms with Gasteiger partial charge in [0.15, 0.2) is 0 Å². The Balaban J connectivity index is 0.00000121. The van der Waals surface area contributed by atoms with Crippen LogP contribution in [0, 0.1) is 20.8 Å². The monoisotopic (exact) mass is 252 g/mol. The molecule has 0 N–H and O–H groups in total. The third-order valence-electron chi connectivity index (χ3n) is 4.71. The first-order valence-electron chi connectivity index (χ1n) is 6.82. The summed E-state index contributed by atoms with van der Waals surface area (Å²) in [5.41, 5.74) is 4.26. The van der Waals surface area contributed by atoms with Gasteiger partial charge < -0.3 is 0 Å². The Hall–Kier alpha value is -1.48. The molecular weight excluding hydrogens is 235 g/mol. The van der Waals surface area contributed by atoms with Gasteiger partial charge in [-0.05, 0) is 69.8 Å². The molecule has 0 bridgehead atoms. The van der Waals surface area contributed by atoms with Gasteiger partial charge in [0.25, 0.3) is 0 Å². The Labute approximate surface area is 131 Å². The predicted octanol–water partition coefficient (Wildman–Crippen LogP) is 4.86. The summed E-state index contributed by atoms with van der Waals surface area (Å²) < 4.78 is 0. The predicted molar refractivity (Wildman–Crippen MR) is 91.5 cm³/mol. The van der Waals surface area contributed by atoms with Crippen LogP contribution in [0.3, 0.4) is 0 Å². The van der Waals surface area contributed by atoms with Gasteiger partial charge in [-0.15, -0.1) is 0 Å². The van der Waals surface area contributed by atoms with E-state index in [1.54, 1.807) is 0 Å². The summed E-state index contributed by atoms with van der Waals surface area (Å²) in [4.78, 5) is 0. The van der Waals surface area contributed by atoms with Crippen molar-refractivity contribution < 1.29 is 0 Å². The van der Waals surface area contributed by atoms with Crippen LogP contribution in [0.2, 0.25) is 0 Å². The molecule has 0 heterocycles. The van der Waals surface area contributed by atoms with E-state index < -0.39 is 0 Å². The SMILES string of the molecule is Cc1c(C)c2ccc3cccc4ccc(c1C)c2c34.[LiH]. The minimum absolute atomic E-state index is 0. The molecule has 4 aromatic rings. The topological polar surface area (TPSA) is 0 Å². The van der Waals surface area contributed by atoms with E-state index in [1.807, 2.05) is 0 Å². The Morgan fingerprint density at radius 1 is 0.550 bits per heavy atom. The molecule has 20 heavy (non-hydrogen) atoms. The van der Waals surface area contributed by atoms with E-state index >= 15 is 0 Å². The minimum atomic E-state index is 0. The van der Waals surface area contributed by atoms with Gasteiger partial charge in [0, 0.05) is 0 Å². The maximum atomic E-state index is 2.28. The van der Waals surface area contributed by atoms with Crippen molar-refractivity contribution in [3.63, 3.8) is 0 Å². The van der Waals surface area contributed by atoms with Crippen LogP contribution in [0.1, 0.15) is 16.7 Å². The first-order valence-corrected chi connectivity index (χ1v) is 6.82. The van der Waals surface area contributed by atoms with E-state index in [1.165, 1.54) is 49.0 Å². The number of benzene rings is 4. The normalized spacial score (nSPS) is 11.3. The molecule has 0 aliphatic heterocycles. The van der Waals surface area contributed by atoms with Gasteiger partial charge in [0.2, 0.25) is 0 Å². The van der Waals surface area contributed by atoms with Gasteiger partial charge in [-0.2, -0.15) is 0 Å². The summed E-state index contributed by atoms with van der Waals surface area (Å²) in [6.07, 6.45) is 0. The maximum absolute atomic E-state index is 2.28. The van der Waals surface area contributed by atoms with Crippen LogP contribution in [0.5, 0.6) is 0 Å². The molecule has 0 nitrogen and oxygen atoms in total. The van der Waals surface area contributed by atoms with E-state index in [-0.39, 0.29) is 18.9 Å². The number of rotatable bonds is 0. The molecule has 94 valence electrons. The number of aryl methyl sites for hydroxylation is 2. The van der Waals surface area contributed by atoms with E-state index in [0.717, 1.165) is 0 Å². The van der Waals surface area contributed by atoms with Crippen LogP contribution >= 0.6 is 0 Å². The molecule has 0 fully saturated rings. The Morgan fingerprint density at radius 3 is 1.55 bits per heavy atom. The third-order valence-corrected chi connectivity index (χ3v) is 4.71.